The second kappa shape index (κ2) is 8.80. The van der Waals surface area contributed by atoms with E-state index in [1.807, 2.05) is 0 Å². The fourth-order valence-electron chi connectivity index (χ4n) is 6.08. The Hall–Kier alpha value is -3.52. The molecule has 0 radical (unpaired) electrons. The molecule has 8 heteroatoms. The molecule has 6 rings (SSSR count). The molecular formula is C29H34N6O2. The second-order valence-corrected chi connectivity index (χ2v) is 11.0. The minimum atomic E-state index is -0.549. The van der Waals surface area contributed by atoms with E-state index >= 15 is 0 Å². The standard InChI is InChI=1S/C29H34N6O2/c1-5-6-7-23-30-25-26(28(37)17(3)16(2)27(25)36)35(23)15-18-8-10-19(11-9-18)21-13-12-20-14-22(20)24(21)29(4)31-33-34-32-29/h8-13,20,22-23,30H,5-7,14-15H2,1-4H3,(H,31,34)(H,32,33). The number of Topliss-reactive ketones (excluding diaryl/α,β-unsaturated/α-hetero) is 2. The molecule has 0 spiro atoms. The Morgan fingerprint density at radius 2 is 1.86 bits per heavy atom. The van der Waals surface area contributed by atoms with Gasteiger partial charge in [0.1, 0.15) is 11.4 Å². The van der Waals surface area contributed by atoms with Crippen LogP contribution in [0.1, 0.15) is 64.5 Å². The van der Waals surface area contributed by atoms with E-state index in [-0.39, 0.29) is 17.7 Å². The molecule has 3 aliphatic carbocycles. The van der Waals surface area contributed by atoms with Crippen LogP contribution in [-0.4, -0.2) is 28.3 Å². The third kappa shape index (κ3) is 3.85. The van der Waals surface area contributed by atoms with Crippen molar-refractivity contribution in [2.24, 2.45) is 22.2 Å². The Bertz CT molecular complexity index is 1330. The minimum absolute atomic E-state index is 0.0450. The Labute approximate surface area is 217 Å². The monoisotopic (exact) mass is 498 g/mol. The summed E-state index contributed by atoms with van der Waals surface area (Å²) in [6, 6.07) is 8.58. The van der Waals surface area contributed by atoms with Crippen molar-refractivity contribution < 1.29 is 9.59 Å². The summed E-state index contributed by atoms with van der Waals surface area (Å²) in [4.78, 5) is 28.4. The normalized spacial score (nSPS) is 30.2. The quantitative estimate of drug-likeness (QED) is 0.480. The highest BCUT2D eigenvalue weighted by Crippen LogP contribution is 2.54. The molecule has 192 valence electrons. The molecule has 1 fully saturated rings. The van der Waals surface area contributed by atoms with Crippen molar-refractivity contribution in [3.63, 3.8) is 0 Å². The van der Waals surface area contributed by atoms with Crippen LogP contribution in [-0.2, 0) is 16.1 Å². The molecule has 4 unspecified atom stereocenters. The molecule has 8 nitrogen and oxygen atoms in total. The molecule has 2 heterocycles. The van der Waals surface area contributed by atoms with Crippen LogP contribution in [0.4, 0.5) is 0 Å². The first-order valence-electron chi connectivity index (χ1n) is 13.3. The van der Waals surface area contributed by atoms with Gasteiger partial charge in [-0.3, -0.25) is 9.59 Å². The third-order valence-corrected chi connectivity index (χ3v) is 8.48. The van der Waals surface area contributed by atoms with Gasteiger partial charge in [-0.2, -0.15) is 5.43 Å². The van der Waals surface area contributed by atoms with Crippen molar-refractivity contribution in [1.29, 1.82) is 0 Å². The van der Waals surface area contributed by atoms with Crippen molar-refractivity contribution in [1.82, 2.24) is 21.2 Å². The van der Waals surface area contributed by atoms with Gasteiger partial charge >= 0.3 is 0 Å². The lowest BCUT2D eigenvalue weighted by atomic mass is 9.85. The zero-order chi connectivity index (χ0) is 25.9. The van der Waals surface area contributed by atoms with Crippen LogP contribution in [0.2, 0.25) is 0 Å². The largest absolute Gasteiger partial charge is 0.360 e. The number of allylic oxidation sites excluding steroid dienone is 5. The predicted molar refractivity (Wildman–Crippen MR) is 141 cm³/mol. The Kier molecular flexibility index (Phi) is 5.67. The topological polar surface area (TPSA) is 98.2 Å². The van der Waals surface area contributed by atoms with Gasteiger partial charge in [0.25, 0.3) is 0 Å². The number of nitrogens with zero attached hydrogens (tertiary/aromatic N) is 3. The SMILES string of the molecule is CCCCC1NC2=C(C(=O)C(C)=C(C)C2=O)N1Cc1ccc(C2=C(C3(C)N=NNN3)C3CC3C=C2)cc1. The van der Waals surface area contributed by atoms with Gasteiger partial charge in [0.15, 0.2) is 5.66 Å². The summed E-state index contributed by atoms with van der Waals surface area (Å²) >= 11 is 0. The number of hydrogen-bond donors (Lipinski definition) is 3. The summed E-state index contributed by atoms with van der Waals surface area (Å²) in [5.74, 6) is 0.978. The summed E-state index contributed by atoms with van der Waals surface area (Å²) in [7, 11) is 0. The Balaban J connectivity index is 1.30. The number of rotatable bonds is 7. The predicted octanol–water partition coefficient (Wildman–Crippen LogP) is 4.46. The van der Waals surface area contributed by atoms with Gasteiger partial charge in [-0.1, -0.05) is 55.0 Å². The molecule has 1 aromatic carbocycles. The maximum Gasteiger partial charge on any atom is 0.207 e. The van der Waals surface area contributed by atoms with Gasteiger partial charge in [-0.25, -0.2) is 5.53 Å². The van der Waals surface area contributed by atoms with Gasteiger partial charge in [0, 0.05) is 17.7 Å². The molecule has 1 aromatic rings. The van der Waals surface area contributed by atoms with E-state index in [1.54, 1.807) is 13.8 Å². The maximum atomic E-state index is 13.3. The molecule has 0 bridgehead atoms. The van der Waals surface area contributed by atoms with Crippen LogP contribution in [0.15, 0.2) is 74.9 Å². The summed E-state index contributed by atoms with van der Waals surface area (Å²) < 4.78 is 0. The molecule has 37 heavy (non-hydrogen) atoms. The Morgan fingerprint density at radius 3 is 2.57 bits per heavy atom. The number of carbonyl (C=O) groups excluding carboxylic acids is 2. The van der Waals surface area contributed by atoms with Gasteiger partial charge < -0.3 is 10.2 Å². The lowest BCUT2D eigenvalue weighted by Gasteiger charge is -2.29. The lowest BCUT2D eigenvalue weighted by molar-refractivity contribution is -0.117. The van der Waals surface area contributed by atoms with E-state index in [4.69, 9.17) is 0 Å². The van der Waals surface area contributed by atoms with Gasteiger partial charge in [-0.05, 0) is 74.1 Å². The van der Waals surface area contributed by atoms with Crippen LogP contribution in [0, 0.1) is 11.8 Å². The summed E-state index contributed by atoms with van der Waals surface area (Å²) in [5, 5.41) is 11.8. The average Bonchev–Trinajstić information content (AvgIpc) is 3.43. The van der Waals surface area contributed by atoms with Crippen LogP contribution >= 0.6 is 0 Å². The van der Waals surface area contributed by atoms with E-state index < -0.39 is 5.66 Å². The number of hydrazine groups is 1. The third-order valence-electron chi connectivity index (χ3n) is 8.48. The average molecular weight is 499 g/mol. The van der Waals surface area contributed by atoms with Crippen molar-refractivity contribution >= 4 is 17.1 Å². The van der Waals surface area contributed by atoms with E-state index in [1.165, 1.54) is 11.1 Å². The van der Waals surface area contributed by atoms with Crippen LogP contribution in [0.25, 0.3) is 5.57 Å². The van der Waals surface area contributed by atoms with Crippen molar-refractivity contribution in [2.75, 3.05) is 0 Å². The summed E-state index contributed by atoms with van der Waals surface area (Å²) in [6.07, 6.45) is 8.57. The van der Waals surface area contributed by atoms with Crippen molar-refractivity contribution in [3.05, 3.63) is 75.7 Å². The summed E-state index contributed by atoms with van der Waals surface area (Å²) in [6.45, 7) is 8.29. The number of carbonyl (C=O) groups is 2. The Morgan fingerprint density at radius 1 is 1.11 bits per heavy atom. The first-order chi connectivity index (χ1) is 17.8. The van der Waals surface area contributed by atoms with Crippen molar-refractivity contribution in [3.8, 4) is 0 Å². The van der Waals surface area contributed by atoms with Gasteiger partial charge in [-0.15, -0.1) is 5.11 Å². The number of nitrogens with one attached hydrogen (secondary N) is 3. The molecular weight excluding hydrogens is 464 g/mol. The lowest BCUT2D eigenvalue weighted by Crippen LogP contribution is -2.44. The van der Waals surface area contributed by atoms with Crippen LogP contribution in [0.5, 0.6) is 0 Å². The first-order valence-corrected chi connectivity index (χ1v) is 13.3. The summed E-state index contributed by atoms with van der Waals surface area (Å²) in [5.41, 5.74) is 12.3. The highest BCUT2D eigenvalue weighted by atomic mass is 16.1. The number of ketones is 2. The minimum Gasteiger partial charge on any atom is -0.360 e. The molecule has 4 atom stereocenters. The van der Waals surface area contributed by atoms with E-state index in [0.29, 0.717) is 40.9 Å². The highest BCUT2D eigenvalue weighted by Gasteiger charge is 2.50. The molecule has 3 N–H and O–H groups in total. The molecule has 5 aliphatic rings. The molecule has 1 saturated carbocycles. The second-order valence-electron chi connectivity index (χ2n) is 11.0. The maximum absolute atomic E-state index is 13.3. The zero-order valence-electron chi connectivity index (χ0n) is 21.9. The number of benzene rings is 1. The van der Waals surface area contributed by atoms with Gasteiger partial charge in [0.2, 0.25) is 11.6 Å². The van der Waals surface area contributed by atoms with Crippen molar-refractivity contribution in [2.45, 2.75) is 71.8 Å². The highest BCUT2D eigenvalue weighted by molar-refractivity contribution is 6.24. The smallest absolute Gasteiger partial charge is 0.207 e. The number of unbranched alkanes of at least 4 members (excludes halogenated alkanes) is 1. The number of fused-ring (bicyclic) bond motifs is 1. The molecule has 0 amide bonds. The first kappa shape index (κ1) is 23.9. The van der Waals surface area contributed by atoms with E-state index in [2.05, 4.69) is 81.8 Å². The molecule has 0 aromatic heterocycles. The van der Waals surface area contributed by atoms with Crippen LogP contribution in [0.3, 0.4) is 0 Å². The van der Waals surface area contributed by atoms with Crippen LogP contribution < -0.4 is 16.3 Å². The fourth-order valence-corrected chi connectivity index (χ4v) is 6.08. The van der Waals surface area contributed by atoms with Gasteiger partial charge in [0.05, 0.1) is 6.17 Å². The van der Waals surface area contributed by atoms with E-state index in [9.17, 15) is 9.59 Å². The molecule has 2 aliphatic heterocycles. The zero-order valence-corrected chi connectivity index (χ0v) is 21.9. The van der Waals surface area contributed by atoms with E-state index in [0.717, 1.165) is 36.8 Å². The number of hydrogen-bond acceptors (Lipinski definition) is 8. The fraction of sp³-hybridized carbons (Fsp3) is 0.448. The molecule has 0 saturated heterocycles.